The summed E-state index contributed by atoms with van der Waals surface area (Å²) in [7, 11) is 5.35. The monoisotopic (exact) mass is 448 g/mol. The van der Waals surface area contributed by atoms with E-state index in [2.05, 4.69) is 20.6 Å². The topological polar surface area (TPSA) is 86.9 Å². The Morgan fingerprint density at radius 3 is 2.66 bits per heavy atom. The fourth-order valence-electron chi connectivity index (χ4n) is 3.37. The molecule has 0 atom stereocenters. The first-order valence-corrected chi connectivity index (χ1v) is 11.0. The molecule has 1 amide bonds. The van der Waals surface area contributed by atoms with Gasteiger partial charge in [-0.05, 0) is 24.6 Å². The summed E-state index contributed by atoms with van der Waals surface area (Å²) in [4.78, 5) is 12.5. The van der Waals surface area contributed by atoms with Crippen molar-refractivity contribution in [3.8, 4) is 28.4 Å². The third-order valence-corrected chi connectivity index (χ3v) is 5.93. The highest BCUT2D eigenvalue weighted by molar-refractivity contribution is 7.99. The van der Waals surface area contributed by atoms with Crippen molar-refractivity contribution < 1.29 is 9.53 Å². The molecule has 0 saturated carbocycles. The fraction of sp³-hybridized carbons (Fsp3) is 0.217. The van der Waals surface area contributed by atoms with Crippen molar-refractivity contribution in [3.63, 3.8) is 0 Å². The van der Waals surface area contributed by atoms with Crippen LogP contribution in [0.5, 0.6) is 5.75 Å². The number of anilines is 1. The van der Waals surface area contributed by atoms with Gasteiger partial charge in [0.1, 0.15) is 11.4 Å². The number of hydrogen-bond acceptors (Lipinski definition) is 6. The van der Waals surface area contributed by atoms with Gasteiger partial charge in [-0.15, -0.1) is 10.2 Å². The van der Waals surface area contributed by atoms with Gasteiger partial charge in [-0.25, -0.2) is 0 Å². The first-order valence-electron chi connectivity index (χ1n) is 10.0. The molecule has 1 N–H and O–H groups in total. The zero-order valence-corrected chi connectivity index (χ0v) is 19.2. The highest BCUT2D eigenvalue weighted by Gasteiger charge is 2.19. The van der Waals surface area contributed by atoms with E-state index in [0.717, 1.165) is 22.4 Å². The Hall–Kier alpha value is -3.59. The van der Waals surface area contributed by atoms with Gasteiger partial charge in [0.15, 0.2) is 11.0 Å². The number of aryl methyl sites for hydroxylation is 2. The SMILES string of the molecule is COc1ccc(C)cc1NC(=O)CSc1nnc(-c2cn(C)nc2-c2ccccc2)n1C. The van der Waals surface area contributed by atoms with Crippen LogP contribution in [0.2, 0.25) is 0 Å². The van der Waals surface area contributed by atoms with Gasteiger partial charge in [-0.2, -0.15) is 5.10 Å². The van der Waals surface area contributed by atoms with Gasteiger partial charge >= 0.3 is 0 Å². The van der Waals surface area contributed by atoms with Gasteiger partial charge < -0.3 is 14.6 Å². The van der Waals surface area contributed by atoms with Crippen LogP contribution < -0.4 is 10.1 Å². The molecule has 32 heavy (non-hydrogen) atoms. The van der Waals surface area contributed by atoms with Gasteiger partial charge in [0.05, 0.1) is 24.1 Å². The summed E-state index contributed by atoms with van der Waals surface area (Å²) >= 11 is 1.33. The van der Waals surface area contributed by atoms with E-state index < -0.39 is 0 Å². The quantitative estimate of drug-likeness (QED) is 0.431. The molecule has 0 bridgehead atoms. The third-order valence-electron chi connectivity index (χ3n) is 4.91. The molecule has 4 aromatic rings. The minimum absolute atomic E-state index is 0.144. The number of amides is 1. The van der Waals surface area contributed by atoms with Gasteiger partial charge in [0, 0.05) is 25.9 Å². The maximum atomic E-state index is 12.5. The van der Waals surface area contributed by atoms with Crippen LogP contribution >= 0.6 is 11.8 Å². The van der Waals surface area contributed by atoms with Crippen LogP contribution in [0.4, 0.5) is 5.69 Å². The molecule has 0 saturated heterocycles. The predicted octanol–water partition coefficient (Wildman–Crippen LogP) is 3.93. The predicted molar refractivity (Wildman–Crippen MR) is 126 cm³/mol. The van der Waals surface area contributed by atoms with E-state index >= 15 is 0 Å². The second kappa shape index (κ2) is 9.27. The number of thioether (sulfide) groups is 1. The number of benzene rings is 2. The normalized spacial score (nSPS) is 10.9. The number of nitrogens with one attached hydrogen (secondary N) is 1. The van der Waals surface area contributed by atoms with Crippen molar-refractivity contribution in [3.05, 3.63) is 60.3 Å². The second-order valence-corrected chi connectivity index (χ2v) is 8.28. The van der Waals surface area contributed by atoms with Gasteiger partial charge in [0.25, 0.3) is 0 Å². The summed E-state index contributed by atoms with van der Waals surface area (Å²) in [5.74, 6) is 1.37. The zero-order chi connectivity index (χ0) is 22.7. The van der Waals surface area contributed by atoms with E-state index in [9.17, 15) is 4.79 Å². The lowest BCUT2D eigenvalue weighted by atomic mass is 10.1. The van der Waals surface area contributed by atoms with E-state index in [0.29, 0.717) is 22.4 Å². The van der Waals surface area contributed by atoms with Crippen molar-refractivity contribution in [1.82, 2.24) is 24.5 Å². The number of aromatic nitrogens is 5. The largest absolute Gasteiger partial charge is 0.495 e. The number of carbonyl (C=O) groups is 1. The molecule has 4 rings (SSSR count). The van der Waals surface area contributed by atoms with E-state index in [1.165, 1.54) is 11.8 Å². The van der Waals surface area contributed by atoms with Gasteiger partial charge in [0.2, 0.25) is 5.91 Å². The average molecular weight is 449 g/mol. The van der Waals surface area contributed by atoms with Crippen molar-refractivity contribution >= 4 is 23.4 Å². The number of ether oxygens (including phenoxy) is 1. The lowest BCUT2D eigenvalue weighted by Crippen LogP contribution is -2.15. The minimum Gasteiger partial charge on any atom is -0.495 e. The maximum absolute atomic E-state index is 12.5. The lowest BCUT2D eigenvalue weighted by molar-refractivity contribution is -0.113. The lowest BCUT2D eigenvalue weighted by Gasteiger charge is -2.11. The summed E-state index contributed by atoms with van der Waals surface area (Å²) < 4.78 is 8.98. The van der Waals surface area contributed by atoms with Crippen LogP contribution in [-0.4, -0.2) is 43.3 Å². The summed E-state index contributed by atoms with van der Waals surface area (Å²) in [6.45, 7) is 1.97. The van der Waals surface area contributed by atoms with Crippen molar-refractivity contribution in [2.75, 3.05) is 18.2 Å². The molecule has 0 unspecified atom stereocenters. The molecular weight excluding hydrogens is 424 g/mol. The van der Waals surface area contributed by atoms with E-state index in [-0.39, 0.29) is 11.7 Å². The molecule has 164 valence electrons. The van der Waals surface area contributed by atoms with Gasteiger partial charge in [-0.1, -0.05) is 48.2 Å². The maximum Gasteiger partial charge on any atom is 0.234 e. The minimum atomic E-state index is -0.144. The van der Waals surface area contributed by atoms with Crippen molar-refractivity contribution in [1.29, 1.82) is 0 Å². The molecule has 0 spiro atoms. The summed E-state index contributed by atoms with van der Waals surface area (Å²) in [6, 6.07) is 15.6. The molecule has 2 heterocycles. The Kier molecular flexibility index (Phi) is 6.27. The Bertz CT molecular complexity index is 1250. The molecule has 0 aliphatic rings. The Labute approximate surface area is 190 Å². The molecule has 8 nitrogen and oxygen atoms in total. The molecule has 9 heteroatoms. The van der Waals surface area contributed by atoms with Crippen LogP contribution in [0.1, 0.15) is 5.56 Å². The molecule has 0 radical (unpaired) electrons. The van der Waals surface area contributed by atoms with Crippen LogP contribution in [0.3, 0.4) is 0 Å². The van der Waals surface area contributed by atoms with E-state index in [4.69, 9.17) is 4.74 Å². The number of carbonyl (C=O) groups excluding carboxylic acids is 1. The molecule has 0 fully saturated rings. The summed E-state index contributed by atoms with van der Waals surface area (Å²) in [6.07, 6.45) is 1.93. The average Bonchev–Trinajstić information content (AvgIpc) is 3.35. The molecule has 2 aromatic carbocycles. The number of nitrogens with zero attached hydrogens (tertiary/aromatic N) is 5. The Morgan fingerprint density at radius 1 is 1.12 bits per heavy atom. The number of hydrogen-bond donors (Lipinski definition) is 1. The molecular formula is C23H24N6O2S. The Morgan fingerprint density at radius 2 is 1.91 bits per heavy atom. The highest BCUT2D eigenvalue weighted by atomic mass is 32.2. The van der Waals surface area contributed by atoms with Crippen molar-refractivity contribution in [2.24, 2.45) is 14.1 Å². The van der Waals surface area contributed by atoms with Crippen LogP contribution in [0.15, 0.2) is 59.9 Å². The zero-order valence-electron chi connectivity index (χ0n) is 18.4. The number of rotatable bonds is 7. The smallest absolute Gasteiger partial charge is 0.234 e. The van der Waals surface area contributed by atoms with Crippen LogP contribution in [0.25, 0.3) is 22.6 Å². The second-order valence-electron chi connectivity index (χ2n) is 7.34. The Balaban J connectivity index is 1.50. The van der Waals surface area contributed by atoms with Crippen LogP contribution in [0, 0.1) is 6.92 Å². The first kappa shape index (κ1) is 21.6. The van der Waals surface area contributed by atoms with E-state index in [1.807, 2.05) is 80.3 Å². The van der Waals surface area contributed by atoms with Gasteiger partial charge in [-0.3, -0.25) is 9.48 Å². The first-order chi connectivity index (χ1) is 15.5. The molecule has 0 aliphatic heterocycles. The standard InChI is InChI=1S/C23H24N6O2S/c1-15-10-11-19(31-4)18(12-15)24-20(30)14-32-23-26-25-22(29(23)3)17-13-28(2)27-21(17)16-8-6-5-7-9-16/h5-13H,14H2,1-4H3,(H,24,30). The molecule has 2 aromatic heterocycles. The fourth-order valence-corrected chi connectivity index (χ4v) is 4.08. The third kappa shape index (κ3) is 4.52. The summed E-state index contributed by atoms with van der Waals surface area (Å²) in [5, 5.41) is 16.8. The van der Waals surface area contributed by atoms with Crippen molar-refractivity contribution in [2.45, 2.75) is 12.1 Å². The molecule has 0 aliphatic carbocycles. The number of methoxy groups -OCH3 is 1. The summed E-state index contributed by atoms with van der Waals surface area (Å²) in [5.41, 5.74) is 4.42. The van der Waals surface area contributed by atoms with E-state index in [1.54, 1.807) is 11.8 Å². The van der Waals surface area contributed by atoms with Crippen LogP contribution in [-0.2, 0) is 18.9 Å². The highest BCUT2D eigenvalue weighted by Crippen LogP contribution is 2.31.